The van der Waals surface area contributed by atoms with Gasteiger partial charge in [0.1, 0.15) is 6.04 Å². The summed E-state index contributed by atoms with van der Waals surface area (Å²) < 4.78 is 44.0. The van der Waals surface area contributed by atoms with E-state index < -0.39 is 23.2 Å². The number of alkyl halides is 3. The largest absolute Gasteiger partial charge is 0.468 e. The zero-order valence-electron chi connectivity index (χ0n) is 17.3. The van der Waals surface area contributed by atoms with E-state index in [4.69, 9.17) is 4.74 Å². The van der Waals surface area contributed by atoms with Gasteiger partial charge in [0.2, 0.25) is 5.91 Å². The molecule has 164 valence electrons. The van der Waals surface area contributed by atoms with Crippen molar-refractivity contribution >= 4 is 11.9 Å². The fourth-order valence-corrected chi connectivity index (χ4v) is 5.57. The number of pyridine rings is 1. The number of aromatic nitrogens is 1. The molecule has 1 N–H and O–H groups in total. The van der Waals surface area contributed by atoms with Gasteiger partial charge in [0, 0.05) is 36.9 Å². The molecular formula is C21H26F3N3O3. The van der Waals surface area contributed by atoms with Gasteiger partial charge in [-0.2, -0.15) is 13.2 Å². The van der Waals surface area contributed by atoms with Crippen LogP contribution in [0.2, 0.25) is 0 Å². The smallest absolute Gasteiger partial charge is 0.417 e. The van der Waals surface area contributed by atoms with Gasteiger partial charge < -0.3 is 15.0 Å². The molecule has 3 aliphatic rings. The number of fused-ring (bicyclic) bond motifs is 2. The number of amides is 1. The van der Waals surface area contributed by atoms with Gasteiger partial charge in [-0.3, -0.25) is 14.6 Å². The Kier molecular flexibility index (Phi) is 5.07. The lowest BCUT2D eigenvalue weighted by Gasteiger charge is -2.33. The van der Waals surface area contributed by atoms with Crippen molar-refractivity contribution in [2.24, 2.45) is 11.3 Å². The number of rotatable bonds is 3. The highest BCUT2D eigenvalue weighted by Crippen LogP contribution is 2.54. The van der Waals surface area contributed by atoms with Gasteiger partial charge >= 0.3 is 12.1 Å². The van der Waals surface area contributed by atoms with E-state index in [-0.39, 0.29) is 36.4 Å². The van der Waals surface area contributed by atoms with E-state index in [9.17, 15) is 22.8 Å². The van der Waals surface area contributed by atoms with Crippen LogP contribution < -0.4 is 5.32 Å². The number of halogens is 3. The second-order valence-electron chi connectivity index (χ2n) is 8.83. The van der Waals surface area contributed by atoms with Gasteiger partial charge in [-0.1, -0.05) is 6.92 Å². The maximum atomic E-state index is 13.5. The molecule has 0 bridgehead atoms. The summed E-state index contributed by atoms with van der Waals surface area (Å²) in [5, 5.41) is 3.26. The van der Waals surface area contributed by atoms with Crippen LogP contribution in [0.25, 0.3) is 0 Å². The Bertz CT molecular complexity index is 875. The first-order valence-electron chi connectivity index (χ1n) is 10.3. The number of esters is 1. The number of carbonyl (C=O) groups is 2. The molecule has 1 spiro atoms. The molecule has 3 unspecified atom stereocenters. The molecule has 3 heterocycles. The average Bonchev–Trinajstić information content (AvgIpc) is 3.21. The van der Waals surface area contributed by atoms with E-state index in [1.165, 1.54) is 7.11 Å². The molecule has 1 aliphatic carbocycles. The van der Waals surface area contributed by atoms with Crippen LogP contribution in [0.5, 0.6) is 0 Å². The summed E-state index contributed by atoms with van der Waals surface area (Å²) in [5.74, 6) is -0.276. The van der Waals surface area contributed by atoms with Crippen LogP contribution in [0.3, 0.4) is 0 Å². The Morgan fingerprint density at radius 1 is 1.43 bits per heavy atom. The minimum atomic E-state index is -4.46. The number of hydrogen-bond acceptors (Lipinski definition) is 5. The summed E-state index contributed by atoms with van der Waals surface area (Å²) in [6, 6.07) is 0.618. The summed E-state index contributed by atoms with van der Waals surface area (Å²) in [5.41, 5.74) is -0.206. The number of ether oxygens (including phenoxy) is 1. The molecule has 2 fully saturated rings. The molecule has 1 saturated heterocycles. The fraction of sp³-hybridized carbons (Fsp3) is 0.667. The maximum absolute atomic E-state index is 13.5. The molecule has 1 aromatic rings. The summed E-state index contributed by atoms with van der Waals surface area (Å²) in [6.45, 7) is 3.96. The fourth-order valence-electron chi connectivity index (χ4n) is 5.57. The van der Waals surface area contributed by atoms with Gasteiger partial charge in [-0.25, -0.2) is 0 Å². The number of nitrogens with zero attached hydrogens (tertiary/aromatic N) is 2. The van der Waals surface area contributed by atoms with E-state index in [1.54, 1.807) is 11.8 Å². The molecule has 1 amide bonds. The highest BCUT2D eigenvalue weighted by Gasteiger charge is 2.60. The van der Waals surface area contributed by atoms with Crippen molar-refractivity contribution in [3.63, 3.8) is 0 Å². The quantitative estimate of drug-likeness (QED) is 0.754. The molecule has 0 aromatic carbocycles. The standard InChI is InChI=1S/C21H26F3N3O3/c1-11-17-7-16-13(6-14(9-25-16)21(22,23)24)10-27(17)19(29)20(11)5-4-15(8-20)26-12(2)18(28)30-3/h6,9,11-12,15,17,26H,4-5,7-8,10H2,1-3H3/t11?,12?,15-,17?,20+/m1/s1. The first-order valence-corrected chi connectivity index (χ1v) is 10.3. The lowest BCUT2D eigenvalue weighted by Crippen LogP contribution is -2.42. The van der Waals surface area contributed by atoms with Gasteiger partial charge in [0.05, 0.1) is 18.1 Å². The van der Waals surface area contributed by atoms with Gasteiger partial charge in [0.25, 0.3) is 0 Å². The summed E-state index contributed by atoms with van der Waals surface area (Å²) >= 11 is 0. The summed E-state index contributed by atoms with van der Waals surface area (Å²) in [6.07, 6.45) is -1.03. The lowest BCUT2D eigenvalue weighted by atomic mass is 9.73. The van der Waals surface area contributed by atoms with Crippen LogP contribution >= 0.6 is 0 Å². The van der Waals surface area contributed by atoms with Gasteiger partial charge in [-0.15, -0.1) is 0 Å². The van der Waals surface area contributed by atoms with Crippen molar-refractivity contribution in [1.29, 1.82) is 0 Å². The normalized spacial score (nSPS) is 31.6. The van der Waals surface area contributed by atoms with E-state index in [0.29, 0.717) is 30.5 Å². The molecular weight excluding hydrogens is 399 g/mol. The van der Waals surface area contributed by atoms with Crippen LogP contribution in [0, 0.1) is 11.3 Å². The Morgan fingerprint density at radius 2 is 2.17 bits per heavy atom. The Hall–Kier alpha value is -2.16. The molecule has 4 rings (SSSR count). The van der Waals surface area contributed by atoms with Crippen molar-refractivity contribution in [1.82, 2.24) is 15.2 Å². The minimum Gasteiger partial charge on any atom is -0.468 e. The molecule has 30 heavy (non-hydrogen) atoms. The van der Waals surface area contributed by atoms with Crippen LogP contribution in [-0.4, -0.2) is 47.0 Å². The Balaban J connectivity index is 1.54. The SMILES string of the molecule is COC(=O)C(C)N[C@@H]1CC[C@@]2(C1)C(=O)N1Cc3cc(C(F)(F)F)cnc3CC1C2C. The third-order valence-corrected chi connectivity index (χ3v) is 7.26. The molecule has 9 heteroatoms. The van der Waals surface area contributed by atoms with Crippen LogP contribution in [0.4, 0.5) is 13.2 Å². The van der Waals surface area contributed by atoms with Gasteiger partial charge in [-0.05, 0) is 43.7 Å². The van der Waals surface area contributed by atoms with E-state index in [1.807, 2.05) is 0 Å². The highest BCUT2D eigenvalue weighted by molar-refractivity contribution is 5.87. The number of methoxy groups -OCH3 is 1. The van der Waals surface area contributed by atoms with Crippen molar-refractivity contribution < 1.29 is 27.5 Å². The van der Waals surface area contributed by atoms with Crippen molar-refractivity contribution in [2.75, 3.05) is 7.11 Å². The van der Waals surface area contributed by atoms with E-state index in [0.717, 1.165) is 18.7 Å². The molecule has 0 radical (unpaired) electrons. The van der Waals surface area contributed by atoms with Crippen LogP contribution in [-0.2, 0) is 33.5 Å². The topological polar surface area (TPSA) is 71.5 Å². The van der Waals surface area contributed by atoms with Crippen molar-refractivity contribution in [3.8, 4) is 0 Å². The number of nitrogens with one attached hydrogen (secondary N) is 1. The second-order valence-corrected chi connectivity index (χ2v) is 8.83. The monoisotopic (exact) mass is 425 g/mol. The second kappa shape index (κ2) is 7.21. The summed E-state index contributed by atoms with van der Waals surface area (Å²) in [4.78, 5) is 31.0. The Morgan fingerprint density at radius 3 is 2.83 bits per heavy atom. The number of carbonyl (C=O) groups excluding carboxylic acids is 2. The molecule has 6 nitrogen and oxygen atoms in total. The average molecular weight is 425 g/mol. The molecule has 2 aliphatic heterocycles. The van der Waals surface area contributed by atoms with E-state index in [2.05, 4.69) is 17.2 Å². The van der Waals surface area contributed by atoms with Gasteiger partial charge in [0.15, 0.2) is 0 Å². The zero-order valence-corrected chi connectivity index (χ0v) is 17.3. The molecule has 5 atom stereocenters. The third-order valence-electron chi connectivity index (χ3n) is 7.26. The summed E-state index contributed by atoms with van der Waals surface area (Å²) in [7, 11) is 1.34. The third kappa shape index (κ3) is 3.27. The van der Waals surface area contributed by atoms with E-state index >= 15 is 0 Å². The van der Waals surface area contributed by atoms with Crippen molar-refractivity contribution in [2.45, 2.75) is 70.4 Å². The molecule has 1 aromatic heterocycles. The number of hydrogen-bond donors (Lipinski definition) is 1. The van der Waals surface area contributed by atoms with Crippen LogP contribution in [0.1, 0.15) is 49.9 Å². The predicted octanol–water partition coefficient (Wildman–Crippen LogP) is 2.69. The maximum Gasteiger partial charge on any atom is 0.417 e. The molecule has 1 saturated carbocycles. The highest BCUT2D eigenvalue weighted by atomic mass is 19.4. The van der Waals surface area contributed by atoms with Crippen molar-refractivity contribution in [3.05, 3.63) is 29.1 Å². The lowest BCUT2D eigenvalue weighted by molar-refractivity contribution is -0.143. The first kappa shape index (κ1) is 21.1. The Labute approximate surface area is 173 Å². The zero-order chi connectivity index (χ0) is 21.8. The first-order chi connectivity index (χ1) is 14.1. The minimum absolute atomic E-state index is 0.0121. The predicted molar refractivity (Wildman–Crippen MR) is 101 cm³/mol. The van der Waals surface area contributed by atoms with Crippen LogP contribution in [0.15, 0.2) is 12.3 Å².